The Morgan fingerprint density at radius 1 is 0.853 bits per heavy atom. The molecule has 0 bridgehead atoms. The van der Waals surface area contributed by atoms with E-state index in [4.69, 9.17) is 0 Å². The molecule has 2 heterocycles. The Morgan fingerprint density at radius 2 is 1.50 bits per heavy atom. The van der Waals surface area contributed by atoms with Gasteiger partial charge in [0.25, 0.3) is 17.7 Å². The summed E-state index contributed by atoms with van der Waals surface area (Å²) in [6, 6.07) is 13.2. The molecular weight excluding hydrogens is 428 g/mol. The highest BCUT2D eigenvalue weighted by molar-refractivity contribution is 6.27. The molecule has 34 heavy (non-hydrogen) atoms. The van der Waals surface area contributed by atoms with Gasteiger partial charge in [-0.25, -0.2) is 0 Å². The lowest BCUT2D eigenvalue weighted by Gasteiger charge is -2.24. The third kappa shape index (κ3) is 2.79. The number of aryl methyl sites for hydroxylation is 4. The Hall–Kier alpha value is -4.13. The molecule has 3 amide bonds. The highest BCUT2D eigenvalue weighted by Crippen LogP contribution is 2.38. The zero-order chi connectivity index (χ0) is 23.7. The first-order valence-electron chi connectivity index (χ1n) is 11.3. The number of amides is 3. The molecule has 0 saturated heterocycles. The number of nitrogens with zero attached hydrogens (tertiary/aromatic N) is 4. The van der Waals surface area contributed by atoms with E-state index in [9.17, 15) is 14.4 Å². The summed E-state index contributed by atoms with van der Waals surface area (Å²) in [6.45, 7) is 5.73. The van der Waals surface area contributed by atoms with Crippen LogP contribution in [0.2, 0.25) is 0 Å². The van der Waals surface area contributed by atoms with E-state index in [1.54, 1.807) is 19.1 Å². The zero-order valence-electron chi connectivity index (χ0n) is 19.1. The van der Waals surface area contributed by atoms with E-state index in [0.717, 1.165) is 39.7 Å². The molecule has 0 spiro atoms. The van der Waals surface area contributed by atoms with Gasteiger partial charge in [-0.3, -0.25) is 14.4 Å². The second-order valence-electron chi connectivity index (χ2n) is 9.12. The fraction of sp³-hybridized carbons (Fsp3) is 0.222. The van der Waals surface area contributed by atoms with Gasteiger partial charge in [0.15, 0.2) is 0 Å². The van der Waals surface area contributed by atoms with Crippen molar-refractivity contribution in [1.29, 1.82) is 0 Å². The minimum atomic E-state index is -0.754. The van der Waals surface area contributed by atoms with E-state index in [1.807, 2.05) is 44.2 Å². The van der Waals surface area contributed by atoms with Gasteiger partial charge in [-0.2, -0.15) is 20.2 Å². The maximum Gasteiger partial charge on any atom is 0.282 e. The molecule has 0 saturated carbocycles. The Morgan fingerprint density at radius 3 is 2.12 bits per heavy atom. The van der Waals surface area contributed by atoms with Crippen molar-refractivity contribution in [1.82, 2.24) is 5.01 Å². The molecule has 6 rings (SSSR count). The quantitative estimate of drug-likeness (QED) is 0.443. The molecule has 3 aliphatic rings. The molecule has 3 aromatic rings. The first-order valence-corrected chi connectivity index (χ1v) is 11.3. The number of hydrogen-bond acceptors (Lipinski definition) is 5. The van der Waals surface area contributed by atoms with Crippen LogP contribution in [-0.2, 0) is 17.6 Å². The number of anilines is 1. The van der Waals surface area contributed by atoms with Crippen molar-refractivity contribution < 1.29 is 14.4 Å². The average Bonchev–Trinajstić information content (AvgIpc) is 3.37. The van der Waals surface area contributed by atoms with Crippen LogP contribution >= 0.6 is 0 Å². The monoisotopic (exact) mass is 450 g/mol. The molecule has 2 aliphatic heterocycles. The molecule has 1 unspecified atom stereocenters. The van der Waals surface area contributed by atoms with Crippen LogP contribution in [0.15, 0.2) is 52.7 Å². The van der Waals surface area contributed by atoms with Crippen LogP contribution in [0.4, 0.5) is 5.69 Å². The predicted molar refractivity (Wildman–Crippen MR) is 130 cm³/mol. The van der Waals surface area contributed by atoms with E-state index < -0.39 is 17.7 Å². The summed E-state index contributed by atoms with van der Waals surface area (Å²) in [4.78, 5) is 39.6. The van der Waals surface area contributed by atoms with Crippen molar-refractivity contribution in [3.05, 3.63) is 75.8 Å². The van der Waals surface area contributed by atoms with Crippen LogP contribution < -0.4 is 5.01 Å². The summed E-state index contributed by atoms with van der Waals surface area (Å²) in [5.41, 5.74) is 6.68. The van der Waals surface area contributed by atoms with Gasteiger partial charge >= 0.3 is 0 Å². The topological polar surface area (TPSA) is 82.4 Å². The summed E-state index contributed by atoms with van der Waals surface area (Å²) in [6.07, 6.45) is 3.18. The van der Waals surface area contributed by atoms with E-state index in [1.165, 1.54) is 22.4 Å². The molecule has 7 heteroatoms. The molecule has 0 N–H and O–H groups in total. The lowest BCUT2D eigenvalue weighted by molar-refractivity contribution is -0.118. The number of benzene rings is 3. The van der Waals surface area contributed by atoms with Crippen LogP contribution in [0, 0.1) is 19.8 Å². The van der Waals surface area contributed by atoms with E-state index in [-0.39, 0.29) is 5.91 Å². The molecule has 0 radical (unpaired) electrons. The summed E-state index contributed by atoms with van der Waals surface area (Å²) < 4.78 is 0. The Kier molecular flexibility index (Phi) is 4.33. The van der Waals surface area contributed by atoms with Crippen molar-refractivity contribution in [2.75, 3.05) is 5.01 Å². The van der Waals surface area contributed by atoms with Gasteiger partial charge in [0.05, 0.1) is 22.5 Å². The van der Waals surface area contributed by atoms with Crippen molar-refractivity contribution >= 4 is 46.1 Å². The number of hydrazone groups is 2. The maximum absolute atomic E-state index is 13.2. The largest absolute Gasteiger partial charge is 0.282 e. The SMILES string of the molecule is CC1=NN(c2ccc(C)c(C)c2)C(=O)C1C=NN1C(=O)c2ccc3c4c(ccc(c24)C1=O)CC3. The van der Waals surface area contributed by atoms with Crippen molar-refractivity contribution in [2.45, 2.75) is 33.6 Å². The molecule has 1 aliphatic carbocycles. The van der Waals surface area contributed by atoms with Gasteiger partial charge in [-0.15, -0.1) is 0 Å². The van der Waals surface area contributed by atoms with E-state index in [0.29, 0.717) is 22.5 Å². The summed E-state index contributed by atoms with van der Waals surface area (Å²) >= 11 is 0. The minimum absolute atomic E-state index is 0.274. The van der Waals surface area contributed by atoms with E-state index >= 15 is 0 Å². The second-order valence-corrected chi connectivity index (χ2v) is 9.12. The van der Waals surface area contributed by atoms with Gasteiger partial charge < -0.3 is 0 Å². The first kappa shape index (κ1) is 20.5. The standard InChI is InChI=1S/C27H22N4O3/c1-14-4-9-19(12-15(14)2)30-27(34)22(16(3)29-30)13-28-31-25(32)20-10-7-17-5-6-18-8-11-21(26(31)33)24(20)23(17)18/h4,7-13,22H,5-6H2,1-3H3. The third-order valence-electron chi connectivity index (χ3n) is 7.09. The lowest BCUT2D eigenvalue weighted by atomic mass is 9.92. The van der Waals surface area contributed by atoms with Gasteiger partial charge in [0, 0.05) is 11.6 Å². The van der Waals surface area contributed by atoms with Crippen LogP contribution in [0.25, 0.3) is 10.8 Å². The predicted octanol–water partition coefficient (Wildman–Crippen LogP) is 4.18. The highest BCUT2D eigenvalue weighted by atomic mass is 16.2. The summed E-state index contributed by atoms with van der Waals surface area (Å²) in [5.74, 6) is -1.98. The van der Waals surface area contributed by atoms with Crippen LogP contribution in [0.5, 0.6) is 0 Å². The number of carbonyl (C=O) groups is 3. The normalized spacial score (nSPS) is 19.2. The summed E-state index contributed by atoms with van der Waals surface area (Å²) in [5, 5.41) is 12.6. The van der Waals surface area contributed by atoms with Gasteiger partial charge in [-0.1, -0.05) is 18.2 Å². The Labute approximate surface area is 196 Å². The average molecular weight is 450 g/mol. The molecule has 0 aromatic heterocycles. The molecule has 7 nitrogen and oxygen atoms in total. The van der Waals surface area contributed by atoms with Crippen molar-refractivity contribution in [3.63, 3.8) is 0 Å². The third-order valence-corrected chi connectivity index (χ3v) is 7.09. The van der Waals surface area contributed by atoms with Crippen LogP contribution in [0.3, 0.4) is 0 Å². The van der Waals surface area contributed by atoms with Crippen molar-refractivity contribution in [2.24, 2.45) is 16.1 Å². The summed E-state index contributed by atoms with van der Waals surface area (Å²) in [7, 11) is 0. The van der Waals surface area contributed by atoms with Gasteiger partial charge in [0.2, 0.25) is 0 Å². The number of imide groups is 1. The fourth-order valence-corrected chi connectivity index (χ4v) is 5.04. The lowest BCUT2D eigenvalue weighted by Crippen LogP contribution is -2.37. The second kappa shape index (κ2) is 7.18. The fourth-order valence-electron chi connectivity index (χ4n) is 5.04. The number of rotatable bonds is 3. The number of carbonyl (C=O) groups excluding carboxylic acids is 3. The molecular formula is C27H22N4O3. The van der Waals surface area contributed by atoms with E-state index in [2.05, 4.69) is 10.2 Å². The first-order chi connectivity index (χ1) is 16.3. The molecule has 0 fully saturated rings. The van der Waals surface area contributed by atoms with Crippen molar-refractivity contribution in [3.8, 4) is 0 Å². The Balaban J connectivity index is 1.32. The minimum Gasteiger partial charge on any atom is -0.271 e. The molecule has 168 valence electrons. The molecule has 1 atom stereocenters. The van der Waals surface area contributed by atoms with Gasteiger partial charge in [-0.05, 0) is 85.5 Å². The van der Waals surface area contributed by atoms with Crippen LogP contribution in [0.1, 0.15) is 49.9 Å². The number of hydrogen-bond donors (Lipinski definition) is 0. The highest BCUT2D eigenvalue weighted by Gasteiger charge is 2.37. The molecule has 3 aromatic carbocycles. The Bertz CT molecular complexity index is 1460. The van der Waals surface area contributed by atoms with Crippen LogP contribution in [-0.4, -0.2) is 34.7 Å². The smallest absolute Gasteiger partial charge is 0.271 e. The van der Waals surface area contributed by atoms with Gasteiger partial charge in [0.1, 0.15) is 5.92 Å². The maximum atomic E-state index is 13.2. The zero-order valence-corrected chi connectivity index (χ0v) is 19.1.